The molecule has 9 heteroatoms. The van der Waals surface area contributed by atoms with Gasteiger partial charge in [-0.2, -0.15) is 0 Å². The summed E-state index contributed by atoms with van der Waals surface area (Å²) in [5.74, 6) is -0.827. The highest BCUT2D eigenvalue weighted by molar-refractivity contribution is 7.49. The van der Waals surface area contributed by atoms with Crippen molar-refractivity contribution < 1.29 is 32.5 Å². The van der Waals surface area contributed by atoms with Gasteiger partial charge in [0.1, 0.15) is 13.3 Å². The number of hydrogen-bond donors (Lipinski definition) is 1. The molecular weight excluding hydrogens is 301 g/mol. The van der Waals surface area contributed by atoms with Crippen LogP contribution in [0.2, 0.25) is 0 Å². The molecule has 0 bridgehead atoms. The van der Waals surface area contributed by atoms with Gasteiger partial charge < -0.3 is 9.26 Å². The quantitative estimate of drug-likeness (QED) is 0.607. The van der Waals surface area contributed by atoms with E-state index in [-0.39, 0.29) is 6.61 Å². The van der Waals surface area contributed by atoms with Crippen molar-refractivity contribution in [2.45, 2.75) is 13.5 Å². The first-order valence-corrected chi connectivity index (χ1v) is 7.36. The van der Waals surface area contributed by atoms with Gasteiger partial charge in [0, 0.05) is 14.0 Å². The Morgan fingerprint density at radius 2 is 1.90 bits per heavy atom. The van der Waals surface area contributed by atoms with Crippen LogP contribution in [-0.2, 0) is 34.3 Å². The largest absolute Gasteiger partial charge is 0.533 e. The number of hydrogen-bond acceptors (Lipinski definition) is 7. The summed E-state index contributed by atoms with van der Waals surface area (Å²) in [6.07, 6.45) is -0.774. The summed E-state index contributed by atoms with van der Waals surface area (Å²) in [4.78, 5) is 22.1. The minimum atomic E-state index is -4.01. The molecule has 0 heterocycles. The molecule has 1 unspecified atom stereocenters. The van der Waals surface area contributed by atoms with E-state index >= 15 is 0 Å². The van der Waals surface area contributed by atoms with Crippen molar-refractivity contribution in [1.29, 1.82) is 0 Å². The van der Waals surface area contributed by atoms with Gasteiger partial charge in [0.25, 0.3) is 0 Å². The highest BCUT2D eigenvalue weighted by Crippen LogP contribution is 2.48. The molecule has 116 valence electrons. The van der Waals surface area contributed by atoms with E-state index in [0.717, 1.165) is 19.6 Å². The van der Waals surface area contributed by atoms with Crippen molar-refractivity contribution in [1.82, 2.24) is 5.32 Å². The van der Waals surface area contributed by atoms with Crippen molar-refractivity contribution in [3.8, 4) is 0 Å². The van der Waals surface area contributed by atoms with Crippen molar-refractivity contribution in [3.63, 3.8) is 0 Å². The molecule has 0 aliphatic heterocycles. The average molecular weight is 317 g/mol. The minimum Gasteiger partial charge on any atom is -0.445 e. The molecule has 0 radical (unpaired) electrons. The zero-order valence-corrected chi connectivity index (χ0v) is 12.5. The lowest BCUT2D eigenvalue weighted by atomic mass is 10.2. The Balaban J connectivity index is 2.29. The molecule has 0 aromatic heterocycles. The molecule has 1 rings (SSSR count). The molecule has 1 aromatic rings. The topological polar surface area (TPSA) is 100 Å². The van der Waals surface area contributed by atoms with Crippen LogP contribution in [0.5, 0.6) is 0 Å². The number of benzene rings is 1. The molecule has 1 N–H and O–H groups in total. The lowest BCUT2D eigenvalue weighted by molar-refractivity contribution is -0.133. The second-order valence-corrected chi connectivity index (χ2v) is 5.42. The zero-order chi connectivity index (χ0) is 15.7. The Labute approximate surface area is 121 Å². The molecule has 0 spiro atoms. The molecule has 0 saturated heterocycles. The average Bonchev–Trinajstić information content (AvgIpc) is 2.45. The Morgan fingerprint density at radius 1 is 1.24 bits per heavy atom. The third kappa shape index (κ3) is 6.89. The van der Waals surface area contributed by atoms with E-state index in [0.29, 0.717) is 0 Å². The van der Waals surface area contributed by atoms with E-state index in [1.54, 1.807) is 12.1 Å². The third-order valence-electron chi connectivity index (χ3n) is 2.12. The maximum Gasteiger partial charge on any atom is 0.533 e. The van der Waals surface area contributed by atoms with E-state index in [2.05, 4.69) is 14.4 Å². The Bertz CT molecular complexity index is 520. The van der Waals surface area contributed by atoms with E-state index in [1.165, 1.54) is 0 Å². The number of amides is 1. The fourth-order valence-corrected chi connectivity index (χ4v) is 1.99. The highest BCUT2D eigenvalue weighted by Gasteiger charge is 2.28. The Morgan fingerprint density at radius 3 is 2.48 bits per heavy atom. The smallest absolute Gasteiger partial charge is 0.445 e. The summed E-state index contributed by atoms with van der Waals surface area (Å²) in [5, 5.41) is 2.19. The van der Waals surface area contributed by atoms with Crippen LogP contribution in [0.15, 0.2) is 30.3 Å². The van der Waals surface area contributed by atoms with Gasteiger partial charge in [-0.15, -0.1) is 0 Å². The zero-order valence-electron chi connectivity index (χ0n) is 11.6. The standard InChI is InChI=1S/C12H16NO7P/c1-10(14)20-21(16,17-2)19-9-13-12(15)18-8-11-6-4-3-5-7-11/h3-7H,8-9H2,1-2H3,(H,13,15). The molecule has 0 fully saturated rings. The molecule has 0 aliphatic rings. The summed E-state index contributed by atoms with van der Waals surface area (Å²) < 4.78 is 30.1. The van der Waals surface area contributed by atoms with Crippen molar-refractivity contribution in [3.05, 3.63) is 35.9 Å². The second kappa shape index (κ2) is 8.41. The van der Waals surface area contributed by atoms with Gasteiger partial charge in [-0.05, 0) is 5.56 Å². The SMILES string of the molecule is COP(=O)(OCNC(=O)OCc1ccccc1)OC(C)=O. The number of rotatable bonds is 7. The second-order valence-electron chi connectivity index (χ2n) is 3.72. The van der Waals surface area contributed by atoms with Crippen LogP contribution in [-0.4, -0.2) is 25.9 Å². The van der Waals surface area contributed by atoms with Gasteiger partial charge in [0.05, 0.1) is 0 Å². The van der Waals surface area contributed by atoms with Crippen molar-refractivity contribution >= 4 is 19.9 Å². The first kappa shape index (κ1) is 17.2. The van der Waals surface area contributed by atoms with Crippen LogP contribution >= 0.6 is 7.82 Å². The summed E-state index contributed by atoms with van der Waals surface area (Å²) >= 11 is 0. The van der Waals surface area contributed by atoms with E-state index < -0.39 is 26.6 Å². The van der Waals surface area contributed by atoms with Crippen molar-refractivity contribution in [2.24, 2.45) is 0 Å². The normalized spacial score (nSPS) is 13.0. The van der Waals surface area contributed by atoms with Gasteiger partial charge in [-0.1, -0.05) is 30.3 Å². The van der Waals surface area contributed by atoms with Gasteiger partial charge >= 0.3 is 19.9 Å². The van der Waals surface area contributed by atoms with E-state index in [4.69, 9.17) is 9.26 Å². The maximum atomic E-state index is 11.7. The number of carbonyl (C=O) groups is 2. The van der Waals surface area contributed by atoms with Crippen LogP contribution in [0, 0.1) is 0 Å². The van der Waals surface area contributed by atoms with Crippen LogP contribution in [0.25, 0.3) is 0 Å². The minimum absolute atomic E-state index is 0.0819. The summed E-state index contributed by atoms with van der Waals surface area (Å²) in [6.45, 7) is 0.640. The number of ether oxygens (including phenoxy) is 1. The monoisotopic (exact) mass is 317 g/mol. The number of phosphoric ester groups is 1. The summed E-state index contributed by atoms with van der Waals surface area (Å²) in [5.41, 5.74) is 0.816. The van der Waals surface area contributed by atoms with Gasteiger partial charge in [-0.3, -0.25) is 19.2 Å². The highest BCUT2D eigenvalue weighted by atomic mass is 31.2. The van der Waals surface area contributed by atoms with Gasteiger partial charge in [0.15, 0.2) is 0 Å². The lowest BCUT2D eigenvalue weighted by Gasteiger charge is -2.14. The molecule has 8 nitrogen and oxygen atoms in total. The van der Waals surface area contributed by atoms with Crippen molar-refractivity contribution in [2.75, 3.05) is 13.8 Å². The third-order valence-corrected chi connectivity index (χ3v) is 3.49. The van der Waals surface area contributed by atoms with Crippen LogP contribution < -0.4 is 5.32 Å². The molecule has 1 atom stereocenters. The maximum absolute atomic E-state index is 11.7. The number of alkyl carbamates (subject to hydrolysis) is 1. The van der Waals surface area contributed by atoms with Crippen LogP contribution in [0.3, 0.4) is 0 Å². The van der Waals surface area contributed by atoms with E-state index in [9.17, 15) is 14.2 Å². The fraction of sp³-hybridized carbons (Fsp3) is 0.333. The first-order chi connectivity index (χ1) is 9.95. The van der Waals surface area contributed by atoms with Gasteiger partial charge in [-0.25, -0.2) is 9.36 Å². The number of phosphoric acid groups is 1. The molecule has 21 heavy (non-hydrogen) atoms. The summed E-state index contributed by atoms with van der Waals surface area (Å²) in [6, 6.07) is 9.06. The van der Waals surface area contributed by atoms with Crippen LogP contribution in [0.1, 0.15) is 12.5 Å². The number of nitrogens with one attached hydrogen (secondary N) is 1. The number of carbonyl (C=O) groups excluding carboxylic acids is 2. The predicted molar refractivity (Wildman–Crippen MR) is 72.1 cm³/mol. The molecule has 0 aliphatic carbocycles. The Kier molecular flexibility index (Phi) is 6.87. The molecule has 0 saturated carbocycles. The predicted octanol–water partition coefficient (Wildman–Crippen LogP) is 2.20. The molecule has 1 aromatic carbocycles. The molecular formula is C12H16NO7P. The molecule has 1 amide bonds. The summed E-state index contributed by atoms with van der Waals surface area (Å²) in [7, 11) is -2.96. The van der Waals surface area contributed by atoms with E-state index in [1.807, 2.05) is 18.2 Å². The lowest BCUT2D eigenvalue weighted by Crippen LogP contribution is -2.26. The Hall–Kier alpha value is -1.89. The first-order valence-electron chi connectivity index (χ1n) is 5.90. The van der Waals surface area contributed by atoms with Gasteiger partial charge in [0.2, 0.25) is 0 Å². The fourth-order valence-electron chi connectivity index (χ4n) is 1.22. The van der Waals surface area contributed by atoms with Crippen LogP contribution in [0.4, 0.5) is 4.79 Å².